The third-order valence-corrected chi connectivity index (χ3v) is 6.44. The first kappa shape index (κ1) is 18.4. The van der Waals surface area contributed by atoms with Crippen LogP contribution in [0.25, 0.3) is 0 Å². The Balaban J connectivity index is 2.79. The van der Waals surface area contributed by atoms with Gasteiger partial charge in [-0.05, 0) is 25.0 Å². The molecule has 6 heteroatoms. The van der Waals surface area contributed by atoms with Crippen molar-refractivity contribution in [3.05, 3.63) is 29.7 Å². The van der Waals surface area contributed by atoms with E-state index in [0.29, 0.717) is 23.3 Å². The number of nitrogens with one attached hydrogen (secondary N) is 1. The molecular weight excluding hydrogens is 304 g/mol. The fourth-order valence-electron chi connectivity index (χ4n) is 1.95. The number of sulfonamides is 1. The molecule has 120 valence electrons. The molecule has 0 aromatic carbocycles. The Labute approximate surface area is 132 Å². The van der Waals surface area contributed by atoms with E-state index in [9.17, 15) is 8.42 Å². The topological polar surface area (TPSA) is 49.4 Å². The largest absolute Gasteiger partial charge is 0.314 e. The maximum absolute atomic E-state index is 12.6. The van der Waals surface area contributed by atoms with Crippen LogP contribution in [0.15, 0.2) is 29.0 Å². The van der Waals surface area contributed by atoms with E-state index in [2.05, 4.69) is 25.7 Å². The molecule has 0 amide bonds. The van der Waals surface area contributed by atoms with E-state index in [1.807, 2.05) is 13.0 Å². The highest BCUT2D eigenvalue weighted by Crippen LogP contribution is 2.25. The van der Waals surface area contributed by atoms with Crippen LogP contribution in [0.5, 0.6) is 0 Å². The quantitative estimate of drug-likeness (QED) is 0.671. The first-order valence-electron chi connectivity index (χ1n) is 7.35. The predicted octanol–water partition coefficient (Wildman–Crippen LogP) is 2.88. The van der Waals surface area contributed by atoms with Crippen molar-refractivity contribution in [2.24, 2.45) is 0 Å². The number of rotatable bonds is 10. The minimum atomic E-state index is -3.39. The summed E-state index contributed by atoms with van der Waals surface area (Å²) in [7, 11) is -3.39. The van der Waals surface area contributed by atoms with Gasteiger partial charge >= 0.3 is 0 Å². The Morgan fingerprint density at radius 2 is 2.14 bits per heavy atom. The molecule has 0 fully saturated rings. The molecule has 1 heterocycles. The summed E-state index contributed by atoms with van der Waals surface area (Å²) >= 11 is 1.37. The van der Waals surface area contributed by atoms with Crippen LogP contribution in [0.4, 0.5) is 0 Å². The van der Waals surface area contributed by atoms with Crippen molar-refractivity contribution in [3.8, 4) is 0 Å². The molecular formula is C15H26N2O2S2. The van der Waals surface area contributed by atoms with Gasteiger partial charge in [-0.15, -0.1) is 17.9 Å². The van der Waals surface area contributed by atoms with Crippen molar-refractivity contribution >= 4 is 21.4 Å². The molecule has 0 radical (unpaired) electrons. The summed E-state index contributed by atoms with van der Waals surface area (Å²) in [4.78, 5) is 1.09. The lowest BCUT2D eigenvalue weighted by atomic mass is 10.3. The Hall–Kier alpha value is -0.690. The Bertz CT molecular complexity index is 536. The van der Waals surface area contributed by atoms with Crippen LogP contribution < -0.4 is 5.32 Å². The van der Waals surface area contributed by atoms with E-state index in [0.717, 1.165) is 24.3 Å². The molecule has 1 rings (SSSR count). The van der Waals surface area contributed by atoms with Gasteiger partial charge < -0.3 is 5.32 Å². The van der Waals surface area contributed by atoms with E-state index in [4.69, 9.17) is 0 Å². The van der Waals surface area contributed by atoms with Crippen molar-refractivity contribution in [3.63, 3.8) is 0 Å². The molecule has 0 saturated heterocycles. The van der Waals surface area contributed by atoms with Gasteiger partial charge in [-0.2, -0.15) is 4.31 Å². The van der Waals surface area contributed by atoms with E-state index in [1.165, 1.54) is 15.6 Å². The Kier molecular flexibility index (Phi) is 7.59. The zero-order valence-electron chi connectivity index (χ0n) is 13.1. The van der Waals surface area contributed by atoms with Gasteiger partial charge in [-0.1, -0.05) is 26.8 Å². The predicted molar refractivity (Wildman–Crippen MR) is 90.4 cm³/mol. The SMILES string of the molecule is C=CCN(CCC)S(=O)(=O)c1ccc(CCNC(C)C)s1. The van der Waals surface area contributed by atoms with Crippen molar-refractivity contribution < 1.29 is 8.42 Å². The first-order valence-corrected chi connectivity index (χ1v) is 9.60. The van der Waals surface area contributed by atoms with Gasteiger partial charge in [0, 0.05) is 30.6 Å². The van der Waals surface area contributed by atoms with Crippen molar-refractivity contribution in [1.82, 2.24) is 9.62 Å². The van der Waals surface area contributed by atoms with Gasteiger partial charge in [0.15, 0.2) is 0 Å². The molecule has 0 bridgehead atoms. The third-order valence-electron chi connectivity index (χ3n) is 2.96. The van der Waals surface area contributed by atoms with Crippen LogP contribution in [0.3, 0.4) is 0 Å². The summed E-state index contributed by atoms with van der Waals surface area (Å²) < 4.78 is 27.1. The monoisotopic (exact) mass is 330 g/mol. The zero-order chi connectivity index (χ0) is 15.9. The molecule has 1 aromatic heterocycles. The minimum Gasteiger partial charge on any atom is -0.314 e. The Morgan fingerprint density at radius 3 is 2.71 bits per heavy atom. The van der Waals surface area contributed by atoms with Crippen molar-refractivity contribution in [1.29, 1.82) is 0 Å². The fourth-order valence-corrected chi connectivity index (χ4v) is 4.96. The molecule has 1 N–H and O–H groups in total. The second-order valence-corrected chi connectivity index (χ2v) is 8.56. The lowest BCUT2D eigenvalue weighted by Gasteiger charge is -2.18. The summed E-state index contributed by atoms with van der Waals surface area (Å²) in [6.45, 7) is 11.6. The smallest absolute Gasteiger partial charge is 0.252 e. The summed E-state index contributed by atoms with van der Waals surface area (Å²) in [6.07, 6.45) is 3.28. The van der Waals surface area contributed by atoms with E-state index < -0.39 is 10.0 Å². The third kappa shape index (κ3) is 5.54. The van der Waals surface area contributed by atoms with Crippen LogP contribution >= 0.6 is 11.3 Å². The second kappa shape index (κ2) is 8.68. The van der Waals surface area contributed by atoms with Gasteiger partial charge in [0.05, 0.1) is 0 Å². The zero-order valence-corrected chi connectivity index (χ0v) is 14.8. The molecule has 0 unspecified atom stereocenters. The molecule has 0 aliphatic carbocycles. The summed E-state index contributed by atoms with van der Waals surface area (Å²) in [5.74, 6) is 0. The van der Waals surface area contributed by atoms with Gasteiger partial charge in [-0.25, -0.2) is 8.42 Å². The van der Waals surface area contributed by atoms with Gasteiger partial charge in [-0.3, -0.25) is 0 Å². The second-order valence-electron chi connectivity index (χ2n) is 5.23. The van der Waals surface area contributed by atoms with E-state index >= 15 is 0 Å². The van der Waals surface area contributed by atoms with Gasteiger partial charge in [0.25, 0.3) is 10.0 Å². The fraction of sp³-hybridized carbons (Fsp3) is 0.600. The molecule has 0 aliphatic rings. The van der Waals surface area contributed by atoms with E-state index in [1.54, 1.807) is 12.1 Å². The molecule has 0 spiro atoms. The first-order chi connectivity index (χ1) is 9.91. The number of hydrogen-bond acceptors (Lipinski definition) is 4. The van der Waals surface area contributed by atoms with Gasteiger partial charge in [0.2, 0.25) is 0 Å². The molecule has 21 heavy (non-hydrogen) atoms. The summed E-state index contributed by atoms with van der Waals surface area (Å²) in [6, 6.07) is 4.08. The number of nitrogens with zero attached hydrogens (tertiary/aromatic N) is 1. The maximum Gasteiger partial charge on any atom is 0.252 e. The summed E-state index contributed by atoms with van der Waals surface area (Å²) in [5.41, 5.74) is 0. The molecule has 0 saturated carbocycles. The maximum atomic E-state index is 12.6. The summed E-state index contributed by atoms with van der Waals surface area (Å²) in [5, 5.41) is 3.34. The molecule has 4 nitrogen and oxygen atoms in total. The highest BCUT2D eigenvalue weighted by Gasteiger charge is 2.24. The van der Waals surface area contributed by atoms with Crippen LogP contribution in [-0.4, -0.2) is 38.4 Å². The highest BCUT2D eigenvalue weighted by molar-refractivity contribution is 7.91. The number of thiophene rings is 1. The standard InChI is InChI=1S/C15H26N2O2S2/c1-5-11-17(12-6-2)21(18,19)15-8-7-14(20-15)9-10-16-13(3)4/h5,7-8,13,16H,1,6,9-12H2,2-4H3. The Morgan fingerprint density at radius 1 is 1.43 bits per heavy atom. The van der Waals surface area contributed by atoms with Crippen LogP contribution in [0.1, 0.15) is 32.1 Å². The highest BCUT2D eigenvalue weighted by atomic mass is 32.2. The van der Waals surface area contributed by atoms with Crippen molar-refractivity contribution in [2.75, 3.05) is 19.6 Å². The lowest BCUT2D eigenvalue weighted by Crippen LogP contribution is -2.31. The molecule has 0 aliphatic heterocycles. The van der Waals surface area contributed by atoms with Gasteiger partial charge in [0.1, 0.15) is 4.21 Å². The van der Waals surface area contributed by atoms with Crippen LogP contribution in [0, 0.1) is 0 Å². The van der Waals surface area contributed by atoms with Crippen LogP contribution in [-0.2, 0) is 16.4 Å². The lowest BCUT2D eigenvalue weighted by molar-refractivity contribution is 0.443. The van der Waals surface area contributed by atoms with E-state index in [-0.39, 0.29) is 0 Å². The van der Waals surface area contributed by atoms with Crippen LogP contribution in [0.2, 0.25) is 0 Å². The molecule has 1 aromatic rings. The average molecular weight is 331 g/mol. The average Bonchev–Trinajstić information content (AvgIpc) is 2.87. The number of hydrogen-bond donors (Lipinski definition) is 1. The molecule has 0 atom stereocenters. The normalized spacial score (nSPS) is 12.2. The van der Waals surface area contributed by atoms with Crippen molar-refractivity contribution in [2.45, 2.75) is 43.9 Å². The minimum absolute atomic E-state index is 0.359.